The second-order valence-electron chi connectivity index (χ2n) is 7.07. The SMILES string of the molecule is CNC(=O)c1cnc2c(c1)c(-c1cc(F)c3nccc(-c4cccnc4)c3c1)cn2SI. The number of hydrogen-bond acceptors (Lipinski definition) is 5. The topological polar surface area (TPSA) is 72.7 Å². The number of amides is 1. The molecule has 5 rings (SSSR count). The second kappa shape index (κ2) is 8.47. The summed E-state index contributed by atoms with van der Waals surface area (Å²) in [4.78, 5) is 25.1. The van der Waals surface area contributed by atoms with Crippen molar-refractivity contribution in [3.63, 3.8) is 0 Å². The standard InChI is InChI=1S/C23H15FIN5OS/c1-26-23(31)15-8-18-19(12-30(32-25)22(18)29-11-15)14-7-17-16(13-3-2-5-27-10-13)4-6-28-21(17)20(24)9-14/h2-12H,1H3,(H,26,31). The van der Waals surface area contributed by atoms with Crippen LogP contribution in [0.4, 0.5) is 4.39 Å². The molecule has 1 aromatic carbocycles. The average Bonchev–Trinajstić information content (AvgIpc) is 3.21. The Balaban J connectivity index is 1.79. The molecule has 32 heavy (non-hydrogen) atoms. The van der Waals surface area contributed by atoms with Crippen LogP contribution in [0.25, 0.3) is 44.2 Å². The summed E-state index contributed by atoms with van der Waals surface area (Å²) in [7, 11) is 3.03. The van der Waals surface area contributed by atoms with E-state index in [4.69, 9.17) is 0 Å². The Morgan fingerprint density at radius 3 is 2.69 bits per heavy atom. The summed E-state index contributed by atoms with van der Waals surface area (Å²) >= 11 is 2.17. The molecule has 0 atom stereocenters. The van der Waals surface area contributed by atoms with E-state index in [-0.39, 0.29) is 5.91 Å². The molecule has 1 N–H and O–H groups in total. The largest absolute Gasteiger partial charge is 0.355 e. The summed E-state index contributed by atoms with van der Waals surface area (Å²) in [5, 5.41) is 4.07. The van der Waals surface area contributed by atoms with Crippen molar-refractivity contribution >= 4 is 58.2 Å². The van der Waals surface area contributed by atoms with Crippen LogP contribution in [0.5, 0.6) is 0 Å². The van der Waals surface area contributed by atoms with Gasteiger partial charge in [0.1, 0.15) is 11.3 Å². The van der Waals surface area contributed by atoms with Gasteiger partial charge >= 0.3 is 0 Å². The summed E-state index contributed by atoms with van der Waals surface area (Å²) in [6.45, 7) is 0. The van der Waals surface area contributed by atoms with Crippen LogP contribution in [0.15, 0.2) is 67.4 Å². The van der Waals surface area contributed by atoms with E-state index in [1.807, 2.05) is 34.4 Å². The van der Waals surface area contributed by atoms with Crippen LogP contribution in [-0.2, 0) is 0 Å². The lowest BCUT2D eigenvalue weighted by Crippen LogP contribution is -2.17. The lowest BCUT2D eigenvalue weighted by atomic mass is 9.97. The number of carbonyl (C=O) groups excluding carboxylic acids is 1. The Morgan fingerprint density at radius 1 is 1.06 bits per heavy atom. The first-order chi connectivity index (χ1) is 15.6. The highest BCUT2D eigenvalue weighted by molar-refractivity contribution is 14.2. The maximum Gasteiger partial charge on any atom is 0.252 e. The average molecular weight is 555 g/mol. The van der Waals surface area contributed by atoms with E-state index in [2.05, 4.69) is 41.5 Å². The summed E-state index contributed by atoms with van der Waals surface area (Å²) in [6, 6.07) is 10.8. The van der Waals surface area contributed by atoms with Crippen molar-refractivity contribution in [2.24, 2.45) is 0 Å². The number of aromatic nitrogens is 4. The van der Waals surface area contributed by atoms with Crippen LogP contribution in [0, 0.1) is 5.82 Å². The molecule has 6 nitrogen and oxygen atoms in total. The molecular weight excluding hydrogens is 540 g/mol. The van der Waals surface area contributed by atoms with Gasteiger partial charge in [0.05, 0.1) is 5.56 Å². The third-order valence-electron chi connectivity index (χ3n) is 5.26. The van der Waals surface area contributed by atoms with Gasteiger partial charge < -0.3 is 5.32 Å². The molecule has 0 radical (unpaired) electrons. The van der Waals surface area contributed by atoms with E-state index in [0.717, 1.165) is 22.1 Å². The highest BCUT2D eigenvalue weighted by Crippen LogP contribution is 2.37. The molecule has 0 saturated heterocycles. The zero-order valence-electron chi connectivity index (χ0n) is 16.7. The molecular formula is C23H15FIN5OS. The fourth-order valence-corrected chi connectivity index (χ4v) is 5.03. The van der Waals surface area contributed by atoms with Crippen molar-refractivity contribution in [3.8, 4) is 22.3 Å². The van der Waals surface area contributed by atoms with Crippen LogP contribution in [0.2, 0.25) is 0 Å². The number of fused-ring (bicyclic) bond motifs is 2. The van der Waals surface area contributed by atoms with Gasteiger partial charge in [-0.1, -0.05) is 6.07 Å². The number of rotatable bonds is 4. The summed E-state index contributed by atoms with van der Waals surface area (Å²) < 4.78 is 17.1. The third kappa shape index (κ3) is 3.51. The normalized spacial score (nSPS) is 11.2. The van der Waals surface area contributed by atoms with Gasteiger partial charge in [-0.2, -0.15) is 0 Å². The molecule has 0 fully saturated rings. The molecule has 0 saturated carbocycles. The van der Waals surface area contributed by atoms with Crippen molar-refractivity contribution < 1.29 is 9.18 Å². The van der Waals surface area contributed by atoms with E-state index in [0.29, 0.717) is 27.7 Å². The van der Waals surface area contributed by atoms with Crippen LogP contribution >= 0.6 is 30.3 Å². The van der Waals surface area contributed by atoms with E-state index in [1.165, 1.54) is 15.2 Å². The number of nitrogens with zero attached hydrogens (tertiary/aromatic N) is 4. The number of pyridine rings is 3. The Bertz CT molecular complexity index is 1490. The number of halogens is 2. The van der Waals surface area contributed by atoms with E-state index >= 15 is 4.39 Å². The molecule has 0 spiro atoms. The van der Waals surface area contributed by atoms with Gasteiger partial charge in [-0.15, -0.1) is 0 Å². The fraction of sp³-hybridized carbons (Fsp3) is 0.0435. The molecule has 4 heterocycles. The van der Waals surface area contributed by atoms with Gasteiger partial charge in [-0.05, 0) is 41.5 Å². The number of carbonyl (C=O) groups is 1. The van der Waals surface area contributed by atoms with Crippen molar-refractivity contribution in [1.82, 2.24) is 24.2 Å². The van der Waals surface area contributed by atoms with Crippen LogP contribution in [0.1, 0.15) is 10.4 Å². The highest BCUT2D eigenvalue weighted by atomic mass is 127. The zero-order valence-corrected chi connectivity index (χ0v) is 19.7. The van der Waals surface area contributed by atoms with E-state index in [9.17, 15) is 4.79 Å². The van der Waals surface area contributed by atoms with Gasteiger partial charge in [0.2, 0.25) is 0 Å². The Labute approximate surface area is 199 Å². The maximum atomic E-state index is 15.2. The summed E-state index contributed by atoms with van der Waals surface area (Å²) in [6.07, 6.45) is 8.50. The molecule has 0 unspecified atom stereocenters. The third-order valence-corrected chi connectivity index (χ3v) is 6.96. The molecule has 4 aromatic heterocycles. The number of nitrogens with one attached hydrogen (secondary N) is 1. The minimum Gasteiger partial charge on any atom is -0.355 e. The summed E-state index contributed by atoms with van der Waals surface area (Å²) in [5.74, 6) is -0.644. The maximum absolute atomic E-state index is 15.2. The lowest BCUT2D eigenvalue weighted by Gasteiger charge is -2.09. The van der Waals surface area contributed by atoms with Crippen LogP contribution in [0.3, 0.4) is 0 Å². The van der Waals surface area contributed by atoms with Crippen molar-refractivity contribution in [3.05, 3.63) is 78.8 Å². The lowest BCUT2D eigenvalue weighted by molar-refractivity contribution is 0.0963. The van der Waals surface area contributed by atoms with Gasteiger partial charge in [-0.25, -0.2) is 9.37 Å². The van der Waals surface area contributed by atoms with Crippen molar-refractivity contribution in [1.29, 1.82) is 0 Å². The van der Waals surface area contributed by atoms with Gasteiger partial charge in [0.25, 0.3) is 5.91 Å². The predicted molar refractivity (Wildman–Crippen MR) is 134 cm³/mol. The molecule has 0 aliphatic heterocycles. The predicted octanol–water partition coefficient (Wildman–Crippen LogP) is 5.66. The molecule has 1 amide bonds. The molecule has 5 aromatic rings. The smallest absolute Gasteiger partial charge is 0.252 e. The first kappa shape index (κ1) is 20.8. The van der Waals surface area contributed by atoms with E-state index in [1.54, 1.807) is 37.9 Å². The summed E-state index contributed by atoms with van der Waals surface area (Å²) in [5.41, 5.74) is 4.63. The highest BCUT2D eigenvalue weighted by Gasteiger charge is 2.18. The minimum atomic E-state index is -0.415. The molecule has 0 aliphatic carbocycles. The Hall–Kier alpha value is -3.05. The van der Waals surface area contributed by atoms with E-state index < -0.39 is 5.82 Å². The molecule has 0 bridgehead atoms. The van der Waals surface area contributed by atoms with Crippen molar-refractivity contribution in [2.45, 2.75) is 0 Å². The van der Waals surface area contributed by atoms with Gasteiger partial charge in [0, 0.05) is 90.3 Å². The minimum absolute atomic E-state index is 0.229. The molecule has 158 valence electrons. The first-order valence-corrected chi connectivity index (χ1v) is 12.9. The first-order valence-electron chi connectivity index (χ1n) is 9.62. The van der Waals surface area contributed by atoms with Crippen LogP contribution < -0.4 is 5.32 Å². The quantitative estimate of drug-likeness (QED) is 0.290. The number of benzene rings is 1. The van der Waals surface area contributed by atoms with Crippen molar-refractivity contribution in [2.75, 3.05) is 7.05 Å². The molecule has 0 aliphatic rings. The monoisotopic (exact) mass is 555 g/mol. The Kier molecular flexibility index (Phi) is 5.51. The zero-order chi connectivity index (χ0) is 22.2. The molecule has 9 heteroatoms. The Morgan fingerprint density at radius 2 is 1.94 bits per heavy atom. The number of hydrogen-bond donors (Lipinski definition) is 1. The van der Waals surface area contributed by atoms with Gasteiger partial charge in [-0.3, -0.25) is 18.7 Å². The van der Waals surface area contributed by atoms with Crippen LogP contribution in [-0.4, -0.2) is 31.9 Å². The fourth-order valence-electron chi connectivity index (χ4n) is 3.77. The second-order valence-corrected chi connectivity index (χ2v) is 8.78. The van der Waals surface area contributed by atoms with Gasteiger partial charge in [0.15, 0.2) is 5.65 Å².